The lowest BCUT2D eigenvalue weighted by molar-refractivity contribution is 0.0511. The first kappa shape index (κ1) is 64.0. The monoisotopic (exact) mass is 1170 g/mol. The molecule has 0 unspecified atom stereocenters. The van der Waals surface area contributed by atoms with Gasteiger partial charge in [-0.05, 0) is 48.5 Å². The van der Waals surface area contributed by atoms with Crippen molar-refractivity contribution in [2.45, 2.75) is 0 Å². The SMILES string of the molecule is NCCOCCOCCNC(=O)c1ccc(C(=O)NCCN2CCNC(=O)c3ccc(c(O)c3O)C(=O)NCCN3CCNC(=O)c4ccc(c(O)c4O)C(=O)NCCN(CCNC(=O)c4ccc(c(O)c4O)C(=O)NCC3)CC2)c(O)c1O. The number of rotatable bonds is 13. The Kier molecular flexibility index (Phi) is 23.8. The van der Waals surface area contributed by atoms with E-state index in [1.165, 1.54) is 0 Å². The van der Waals surface area contributed by atoms with Crippen LogP contribution in [0.2, 0.25) is 0 Å². The van der Waals surface area contributed by atoms with Gasteiger partial charge in [0.25, 0.3) is 47.3 Å². The van der Waals surface area contributed by atoms with Crippen LogP contribution >= 0.6 is 0 Å². The number of ether oxygens (including phenoxy) is 2. The van der Waals surface area contributed by atoms with E-state index in [2.05, 4.69) is 42.5 Å². The van der Waals surface area contributed by atoms with Crippen molar-refractivity contribution in [3.63, 3.8) is 0 Å². The Morgan fingerprint density at radius 3 is 1.02 bits per heavy atom. The Labute approximate surface area is 480 Å². The van der Waals surface area contributed by atoms with E-state index in [9.17, 15) is 79.2 Å². The number of nitrogens with zero attached hydrogens (tertiary/aromatic N) is 3. The Balaban J connectivity index is 1.26. The second kappa shape index (κ2) is 31.3. The fraction of sp³-hybridized carbons (Fsp3) is 0.407. The molecule has 0 aliphatic carbocycles. The van der Waals surface area contributed by atoms with Gasteiger partial charge in [0, 0.05) is 118 Å². The summed E-state index contributed by atoms with van der Waals surface area (Å²) in [7, 11) is 0. The van der Waals surface area contributed by atoms with Crippen LogP contribution in [-0.2, 0) is 9.47 Å². The van der Waals surface area contributed by atoms with Crippen molar-refractivity contribution in [2.75, 3.05) is 144 Å². The maximum Gasteiger partial charge on any atom is 0.255 e. The molecule has 0 atom stereocenters. The predicted octanol–water partition coefficient (Wildman–Crippen LogP) is -2.80. The molecule has 10 aliphatic rings. The minimum Gasteiger partial charge on any atom is -0.504 e. The minimum absolute atomic E-state index is 0.0346. The number of phenolic OH excluding ortho intramolecular Hbond substituents is 8. The summed E-state index contributed by atoms with van der Waals surface area (Å²) >= 11 is 0. The van der Waals surface area contributed by atoms with E-state index in [0.717, 1.165) is 48.5 Å². The van der Waals surface area contributed by atoms with E-state index in [1.807, 2.05) is 0 Å². The molecule has 0 saturated heterocycles. The number of hydrogen-bond donors (Lipinski definition) is 17. The molecule has 10 aliphatic heterocycles. The van der Waals surface area contributed by atoms with Gasteiger partial charge in [-0.1, -0.05) is 0 Å². The molecule has 18 N–H and O–H groups in total. The number of hydrogen-bond acceptors (Lipinski definition) is 22. The molecule has 4 aromatic carbocycles. The van der Waals surface area contributed by atoms with Gasteiger partial charge in [0.15, 0.2) is 46.0 Å². The molecule has 8 amide bonds. The first-order valence-electron chi connectivity index (χ1n) is 26.8. The number of carbonyl (C=O) groups excluding carboxylic acids is 8. The summed E-state index contributed by atoms with van der Waals surface area (Å²) in [5.41, 5.74) is 2.44. The van der Waals surface area contributed by atoms with Gasteiger partial charge in [-0.25, -0.2) is 0 Å². The molecule has 454 valence electrons. The smallest absolute Gasteiger partial charge is 0.255 e. The van der Waals surface area contributed by atoms with Gasteiger partial charge in [-0.15, -0.1) is 0 Å². The molecule has 0 saturated carbocycles. The van der Waals surface area contributed by atoms with Crippen LogP contribution in [0.5, 0.6) is 46.0 Å². The third-order valence-corrected chi connectivity index (χ3v) is 13.5. The molecular formula is C54H70N12O18. The molecule has 4 aromatic rings. The Morgan fingerprint density at radius 2 is 0.690 bits per heavy atom. The zero-order valence-electron chi connectivity index (χ0n) is 45.8. The van der Waals surface area contributed by atoms with Gasteiger partial charge >= 0.3 is 0 Å². The van der Waals surface area contributed by atoms with Crippen molar-refractivity contribution in [3.05, 3.63) is 93.0 Å². The van der Waals surface area contributed by atoms with Crippen LogP contribution in [-0.4, -0.2) is 247 Å². The highest BCUT2D eigenvalue weighted by molar-refractivity contribution is 6.05. The summed E-state index contributed by atoms with van der Waals surface area (Å²) in [6.07, 6.45) is 0. The van der Waals surface area contributed by atoms with E-state index >= 15 is 0 Å². The summed E-state index contributed by atoms with van der Waals surface area (Å²) in [4.78, 5) is 112. The largest absolute Gasteiger partial charge is 0.504 e. The maximum atomic E-state index is 13.5. The zero-order valence-corrected chi connectivity index (χ0v) is 45.8. The third kappa shape index (κ3) is 17.2. The summed E-state index contributed by atoms with van der Waals surface area (Å²) < 4.78 is 10.6. The van der Waals surface area contributed by atoms with Crippen LogP contribution in [0.1, 0.15) is 82.9 Å². The molecule has 0 radical (unpaired) electrons. The van der Waals surface area contributed by atoms with Crippen molar-refractivity contribution in [1.29, 1.82) is 0 Å². The number of amides is 8. The van der Waals surface area contributed by atoms with Gasteiger partial charge in [-0.3, -0.25) is 53.1 Å². The minimum atomic E-state index is -0.899. The van der Waals surface area contributed by atoms with Gasteiger partial charge in [0.2, 0.25) is 0 Å². The topological polar surface area (TPSA) is 449 Å². The van der Waals surface area contributed by atoms with E-state index in [4.69, 9.17) is 15.2 Å². The molecule has 30 heteroatoms. The normalized spacial score (nSPS) is 17.6. The predicted molar refractivity (Wildman–Crippen MR) is 298 cm³/mol. The molecule has 8 bridgehead atoms. The standard InChI is InChI=1S/C54H70N12O18/c55-9-27-83-29-30-84-28-17-63-54(82)38-8-7-37(45(73)46(38)74)53(81)62-16-24-66-23-15-61-52(80)36-6-3-33(41(69)44(36)72)49(77)58-12-20-64-18-10-56-47(75)31-1-4-34(42(70)39(31)67)50(78)59-13-21-65(25-26-66)22-14-60-51(79)35-5-2-32(40(68)43(35)71)48(76)57-11-19-64/h1-8,67-74H,9-30,55H2,(H,56,75)(H,57,76)(H,58,77)(H,59,78)(H,60,79)(H,61,80)(H,62,81)(H,63,82). The fourth-order valence-electron chi connectivity index (χ4n) is 8.77. The third-order valence-electron chi connectivity index (χ3n) is 13.5. The first-order chi connectivity index (χ1) is 40.3. The molecule has 0 spiro atoms. The second-order valence-electron chi connectivity index (χ2n) is 19.0. The lowest BCUT2D eigenvalue weighted by atomic mass is 10.1. The molecule has 0 aromatic heterocycles. The quantitative estimate of drug-likeness (QED) is 0.0475. The molecule has 0 fully saturated rings. The van der Waals surface area contributed by atoms with Crippen LogP contribution in [0, 0.1) is 0 Å². The molecule has 30 nitrogen and oxygen atoms in total. The number of nitrogens with one attached hydrogen (secondary N) is 8. The average molecular weight is 1180 g/mol. The Bertz CT molecular complexity index is 2960. The summed E-state index contributed by atoms with van der Waals surface area (Å²) in [6, 6.07) is 9.13. The summed E-state index contributed by atoms with van der Waals surface area (Å²) in [5, 5.41) is 108. The van der Waals surface area contributed by atoms with Crippen molar-refractivity contribution in [3.8, 4) is 46.0 Å². The Hall–Kier alpha value is -9.20. The van der Waals surface area contributed by atoms with Crippen LogP contribution < -0.4 is 48.3 Å². The van der Waals surface area contributed by atoms with E-state index in [1.54, 1.807) is 14.7 Å². The molecule has 10 heterocycles. The number of phenols is 8. The number of benzene rings is 4. The summed E-state index contributed by atoms with van der Waals surface area (Å²) in [6.45, 7) is 1.22. The van der Waals surface area contributed by atoms with Crippen LogP contribution in [0.3, 0.4) is 0 Å². The lowest BCUT2D eigenvalue weighted by Crippen LogP contribution is -2.45. The van der Waals surface area contributed by atoms with E-state index in [0.29, 0.717) is 19.8 Å². The zero-order chi connectivity index (χ0) is 60.9. The van der Waals surface area contributed by atoms with Crippen LogP contribution in [0.4, 0.5) is 0 Å². The maximum absolute atomic E-state index is 13.5. The van der Waals surface area contributed by atoms with E-state index < -0.39 is 93.3 Å². The van der Waals surface area contributed by atoms with Gasteiger partial charge in [-0.2, -0.15) is 0 Å². The van der Waals surface area contributed by atoms with Crippen molar-refractivity contribution < 1.29 is 88.7 Å². The fourth-order valence-corrected chi connectivity index (χ4v) is 8.77. The van der Waals surface area contributed by atoms with E-state index in [-0.39, 0.29) is 169 Å². The van der Waals surface area contributed by atoms with Crippen LogP contribution in [0.25, 0.3) is 0 Å². The first-order valence-corrected chi connectivity index (χ1v) is 26.8. The van der Waals surface area contributed by atoms with Crippen LogP contribution in [0.15, 0.2) is 48.5 Å². The van der Waals surface area contributed by atoms with Crippen molar-refractivity contribution in [1.82, 2.24) is 57.2 Å². The van der Waals surface area contributed by atoms with Gasteiger partial charge < -0.3 is 98.6 Å². The molecule has 84 heavy (non-hydrogen) atoms. The summed E-state index contributed by atoms with van der Waals surface area (Å²) in [5.74, 6) is -13.7. The van der Waals surface area contributed by atoms with Crippen molar-refractivity contribution >= 4 is 47.3 Å². The number of aromatic hydroxyl groups is 8. The second-order valence-corrected chi connectivity index (χ2v) is 19.0. The molecule has 14 rings (SSSR count). The molecular weight excluding hydrogens is 1100 g/mol. The van der Waals surface area contributed by atoms with Gasteiger partial charge in [0.1, 0.15) is 0 Å². The highest BCUT2D eigenvalue weighted by Gasteiger charge is 2.27. The average Bonchev–Trinajstić information content (AvgIpc) is 3.42. The number of carbonyl (C=O) groups is 8. The Morgan fingerprint density at radius 1 is 0.393 bits per heavy atom. The lowest BCUT2D eigenvalue weighted by Gasteiger charge is -2.28. The number of nitrogens with two attached hydrogens (primary N) is 1. The van der Waals surface area contributed by atoms with Crippen molar-refractivity contribution in [2.24, 2.45) is 5.73 Å². The highest BCUT2D eigenvalue weighted by Crippen LogP contribution is 2.36. The van der Waals surface area contributed by atoms with Gasteiger partial charge in [0.05, 0.1) is 70.9 Å². The highest BCUT2D eigenvalue weighted by atomic mass is 16.5.